The van der Waals surface area contributed by atoms with Gasteiger partial charge < -0.3 is 10.6 Å². The van der Waals surface area contributed by atoms with Crippen molar-refractivity contribution in [1.29, 1.82) is 0 Å². The second-order valence-electron chi connectivity index (χ2n) is 7.37. The molecule has 3 aromatic rings. The number of halogens is 3. The Kier molecular flexibility index (Phi) is 5.40. The maximum absolute atomic E-state index is 14.2. The summed E-state index contributed by atoms with van der Waals surface area (Å²) in [6, 6.07) is 6.97. The molecule has 1 aliphatic rings. The van der Waals surface area contributed by atoms with Crippen LogP contribution in [0.1, 0.15) is 11.5 Å². The molecule has 7 nitrogen and oxygen atoms in total. The first-order chi connectivity index (χ1) is 14.6. The number of rotatable bonds is 4. The van der Waals surface area contributed by atoms with Crippen LogP contribution in [0.2, 0.25) is 0 Å². The molecule has 2 N–H and O–H groups in total. The molecule has 4 rings (SSSR count). The second-order valence-corrected chi connectivity index (χ2v) is 9.39. The van der Waals surface area contributed by atoms with E-state index in [9.17, 15) is 21.6 Å². The van der Waals surface area contributed by atoms with Gasteiger partial charge in [0.2, 0.25) is 5.95 Å². The van der Waals surface area contributed by atoms with Crippen molar-refractivity contribution >= 4 is 15.8 Å². The summed E-state index contributed by atoms with van der Waals surface area (Å²) in [6.07, 6.45) is 2.38. The van der Waals surface area contributed by atoms with E-state index in [0.29, 0.717) is 11.6 Å². The SMILES string of the molecule is CS(=O)(=O)c1cccc(-c2ncnc(N3CC(c4cc(F)c(F)cc4F)[C@@H](N)C3)n2)c1. The number of anilines is 1. The summed E-state index contributed by atoms with van der Waals surface area (Å²) in [5.74, 6) is -3.35. The van der Waals surface area contributed by atoms with E-state index < -0.39 is 39.2 Å². The lowest BCUT2D eigenvalue weighted by Crippen LogP contribution is -2.29. The third kappa shape index (κ3) is 4.23. The number of benzene rings is 2. The molecule has 31 heavy (non-hydrogen) atoms. The molecule has 2 atom stereocenters. The molecule has 0 amide bonds. The Morgan fingerprint density at radius 1 is 1.03 bits per heavy atom. The molecule has 2 aromatic carbocycles. The van der Waals surface area contributed by atoms with E-state index in [1.165, 1.54) is 18.5 Å². The first-order valence-electron chi connectivity index (χ1n) is 9.28. The van der Waals surface area contributed by atoms with Crippen molar-refractivity contribution in [2.24, 2.45) is 5.73 Å². The molecular formula is C20H18F3N5O2S. The molecule has 0 saturated carbocycles. The molecule has 1 saturated heterocycles. The maximum Gasteiger partial charge on any atom is 0.228 e. The third-order valence-electron chi connectivity index (χ3n) is 5.17. The minimum Gasteiger partial charge on any atom is -0.338 e. The maximum atomic E-state index is 14.2. The van der Waals surface area contributed by atoms with Crippen molar-refractivity contribution in [3.8, 4) is 11.4 Å². The second kappa shape index (κ2) is 7.89. The predicted octanol–water partition coefficient (Wildman–Crippen LogP) is 2.29. The summed E-state index contributed by atoms with van der Waals surface area (Å²) in [5, 5.41) is 0. The topological polar surface area (TPSA) is 102 Å². The van der Waals surface area contributed by atoms with Gasteiger partial charge in [-0.1, -0.05) is 12.1 Å². The van der Waals surface area contributed by atoms with Crippen molar-refractivity contribution in [3.63, 3.8) is 0 Å². The summed E-state index contributed by atoms with van der Waals surface area (Å²) in [7, 11) is -3.41. The summed E-state index contributed by atoms with van der Waals surface area (Å²) < 4.78 is 64.8. The van der Waals surface area contributed by atoms with Gasteiger partial charge in [0.25, 0.3) is 0 Å². The molecule has 2 heterocycles. The van der Waals surface area contributed by atoms with Gasteiger partial charge in [-0.05, 0) is 23.8 Å². The summed E-state index contributed by atoms with van der Waals surface area (Å²) >= 11 is 0. The first-order valence-corrected chi connectivity index (χ1v) is 11.2. The number of hydrogen-bond donors (Lipinski definition) is 1. The zero-order valence-electron chi connectivity index (χ0n) is 16.3. The van der Waals surface area contributed by atoms with Gasteiger partial charge in [0.15, 0.2) is 27.3 Å². The Bertz CT molecular complexity index is 1260. The molecule has 1 aromatic heterocycles. The molecular weight excluding hydrogens is 431 g/mol. The minimum absolute atomic E-state index is 0.0102. The summed E-state index contributed by atoms with van der Waals surface area (Å²) in [5.41, 5.74) is 6.62. The highest BCUT2D eigenvalue weighted by atomic mass is 32.2. The van der Waals surface area contributed by atoms with E-state index >= 15 is 0 Å². The standard InChI is InChI=1S/C20H18F3N5O2S/c1-31(29,30)12-4-2-3-11(5-12)19-25-10-26-20(27-19)28-8-14(18(24)9-28)13-6-16(22)17(23)7-15(13)21/h2-7,10,14,18H,8-9,24H2,1H3/t14?,18-/m0/s1. The molecule has 0 radical (unpaired) electrons. The molecule has 1 aliphatic heterocycles. The van der Waals surface area contributed by atoms with E-state index in [1.807, 2.05) is 0 Å². The van der Waals surface area contributed by atoms with Crippen LogP contribution in [0.25, 0.3) is 11.4 Å². The Morgan fingerprint density at radius 2 is 1.77 bits per heavy atom. The zero-order chi connectivity index (χ0) is 22.3. The number of nitrogens with zero attached hydrogens (tertiary/aromatic N) is 4. The fraction of sp³-hybridized carbons (Fsp3) is 0.250. The number of aromatic nitrogens is 3. The molecule has 11 heteroatoms. The molecule has 1 fully saturated rings. The average Bonchev–Trinajstić information content (AvgIpc) is 3.12. The highest BCUT2D eigenvalue weighted by Crippen LogP contribution is 2.32. The van der Waals surface area contributed by atoms with E-state index in [-0.39, 0.29) is 35.3 Å². The summed E-state index contributed by atoms with van der Waals surface area (Å²) in [4.78, 5) is 14.5. The average molecular weight is 449 g/mol. The minimum atomic E-state index is -3.41. The van der Waals surface area contributed by atoms with Gasteiger partial charge in [-0.3, -0.25) is 0 Å². The van der Waals surface area contributed by atoms with Crippen LogP contribution in [0.15, 0.2) is 47.6 Å². The van der Waals surface area contributed by atoms with Gasteiger partial charge >= 0.3 is 0 Å². The van der Waals surface area contributed by atoms with Gasteiger partial charge in [-0.2, -0.15) is 4.98 Å². The largest absolute Gasteiger partial charge is 0.338 e. The third-order valence-corrected chi connectivity index (χ3v) is 6.28. The number of sulfone groups is 1. The van der Waals surface area contributed by atoms with Crippen molar-refractivity contribution in [1.82, 2.24) is 15.0 Å². The van der Waals surface area contributed by atoms with Crippen LogP contribution in [-0.2, 0) is 9.84 Å². The number of hydrogen-bond acceptors (Lipinski definition) is 7. The normalized spacial score (nSPS) is 19.1. The molecule has 0 aliphatic carbocycles. The lowest BCUT2D eigenvalue weighted by Gasteiger charge is -2.17. The Hall–Kier alpha value is -3.05. The van der Waals surface area contributed by atoms with Crippen LogP contribution in [0, 0.1) is 17.5 Å². The lowest BCUT2D eigenvalue weighted by molar-refractivity contribution is 0.482. The monoisotopic (exact) mass is 449 g/mol. The zero-order valence-corrected chi connectivity index (χ0v) is 17.2. The Morgan fingerprint density at radius 3 is 2.52 bits per heavy atom. The van der Waals surface area contributed by atoms with Crippen LogP contribution in [0.3, 0.4) is 0 Å². The Balaban J connectivity index is 1.63. The van der Waals surface area contributed by atoms with Crippen LogP contribution in [-0.4, -0.2) is 48.8 Å². The van der Waals surface area contributed by atoms with Gasteiger partial charge in [-0.15, -0.1) is 0 Å². The molecule has 1 unspecified atom stereocenters. The quantitative estimate of drug-likeness (QED) is 0.610. The van der Waals surface area contributed by atoms with Crippen molar-refractivity contribution in [3.05, 3.63) is 65.7 Å². The van der Waals surface area contributed by atoms with E-state index in [0.717, 1.165) is 12.3 Å². The van der Waals surface area contributed by atoms with Crippen molar-refractivity contribution in [2.75, 3.05) is 24.2 Å². The van der Waals surface area contributed by atoms with Crippen LogP contribution >= 0.6 is 0 Å². The van der Waals surface area contributed by atoms with E-state index in [4.69, 9.17) is 5.73 Å². The van der Waals surface area contributed by atoms with Crippen molar-refractivity contribution < 1.29 is 21.6 Å². The lowest BCUT2D eigenvalue weighted by atomic mass is 9.94. The fourth-order valence-electron chi connectivity index (χ4n) is 3.59. The number of nitrogens with two attached hydrogens (primary N) is 1. The van der Waals surface area contributed by atoms with Crippen LogP contribution < -0.4 is 10.6 Å². The highest BCUT2D eigenvalue weighted by Gasteiger charge is 2.35. The Labute approximate surface area is 176 Å². The molecule has 0 bridgehead atoms. The van der Waals surface area contributed by atoms with Gasteiger partial charge in [-0.25, -0.2) is 31.6 Å². The van der Waals surface area contributed by atoms with Crippen LogP contribution in [0.4, 0.5) is 19.1 Å². The fourth-order valence-corrected chi connectivity index (χ4v) is 4.26. The smallest absolute Gasteiger partial charge is 0.228 e. The predicted molar refractivity (Wildman–Crippen MR) is 108 cm³/mol. The van der Waals surface area contributed by atoms with Crippen molar-refractivity contribution in [2.45, 2.75) is 16.9 Å². The first kappa shape index (κ1) is 21.2. The summed E-state index contributed by atoms with van der Waals surface area (Å²) in [6.45, 7) is 0.450. The molecule has 0 spiro atoms. The van der Waals surface area contributed by atoms with Gasteiger partial charge in [0.1, 0.15) is 12.1 Å². The van der Waals surface area contributed by atoms with Gasteiger partial charge in [0, 0.05) is 42.9 Å². The van der Waals surface area contributed by atoms with Gasteiger partial charge in [0.05, 0.1) is 4.90 Å². The highest BCUT2D eigenvalue weighted by molar-refractivity contribution is 7.90. The van der Waals surface area contributed by atoms with Crippen LogP contribution in [0.5, 0.6) is 0 Å². The molecule has 162 valence electrons. The van der Waals surface area contributed by atoms with E-state index in [2.05, 4.69) is 15.0 Å². The van der Waals surface area contributed by atoms with E-state index in [1.54, 1.807) is 17.0 Å².